The smallest absolute Gasteiger partial charge is 0.410 e. The van der Waals surface area contributed by atoms with Crippen molar-refractivity contribution in [3.63, 3.8) is 0 Å². The molecule has 2 aromatic rings. The molecule has 0 fully saturated rings. The number of fused-ring (bicyclic) bond motifs is 1. The van der Waals surface area contributed by atoms with Crippen LogP contribution in [0.15, 0.2) is 78.0 Å². The second-order valence-corrected chi connectivity index (χ2v) is 12.2. The number of amides is 4. The van der Waals surface area contributed by atoms with Gasteiger partial charge in [-0.25, -0.2) is 4.79 Å². The number of hydrogen-bond donors (Lipinski definition) is 2. The number of carbonyl (C=O) groups excluding carboxylic acids is 4. The first-order chi connectivity index (χ1) is 20.7. The van der Waals surface area contributed by atoms with Gasteiger partial charge in [-0.2, -0.15) is 0 Å². The van der Waals surface area contributed by atoms with Gasteiger partial charge in [0.15, 0.2) is 0 Å². The van der Waals surface area contributed by atoms with Gasteiger partial charge in [0.1, 0.15) is 18.2 Å². The summed E-state index contributed by atoms with van der Waals surface area (Å²) in [5.74, 6) is -1.22. The molecule has 0 radical (unpaired) electrons. The average molecular weight is 603 g/mol. The maximum Gasteiger partial charge on any atom is 0.410 e. The highest BCUT2D eigenvalue weighted by molar-refractivity contribution is 5.92. The zero-order valence-corrected chi connectivity index (χ0v) is 27.1. The van der Waals surface area contributed by atoms with Gasteiger partial charge in [0.25, 0.3) is 0 Å². The molecule has 236 valence electrons. The lowest BCUT2D eigenvalue weighted by Gasteiger charge is -2.29. The Hall–Kier alpha value is -4.40. The zero-order valence-electron chi connectivity index (χ0n) is 27.1. The number of benzene rings is 2. The Balaban J connectivity index is 1.76. The fourth-order valence-corrected chi connectivity index (χ4v) is 4.75. The summed E-state index contributed by atoms with van der Waals surface area (Å²) in [5.41, 5.74) is 1.68. The van der Waals surface area contributed by atoms with E-state index in [1.165, 1.54) is 16.8 Å². The van der Waals surface area contributed by atoms with E-state index < -0.39 is 29.6 Å². The molecule has 3 unspecified atom stereocenters. The molecule has 2 aromatic carbocycles. The van der Waals surface area contributed by atoms with Crippen molar-refractivity contribution >= 4 is 34.6 Å². The molecule has 0 saturated carbocycles. The maximum absolute atomic E-state index is 13.7. The summed E-state index contributed by atoms with van der Waals surface area (Å²) in [6.07, 6.45) is 8.07. The monoisotopic (exact) mass is 602 g/mol. The lowest BCUT2D eigenvalue weighted by atomic mass is 10.0. The first kappa shape index (κ1) is 34.1. The van der Waals surface area contributed by atoms with Crippen LogP contribution in [0.25, 0.3) is 10.8 Å². The summed E-state index contributed by atoms with van der Waals surface area (Å²) < 4.78 is 5.35. The third kappa shape index (κ3) is 9.30. The number of likely N-dealkylation sites (N-methyl/N-ethyl adjacent to an activating group) is 1. The largest absolute Gasteiger partial charge is 0.444 e. The van der Waals surface area contributed by atoms with Gasteiger partial charge < -0.3 is 20.3 Å². The van der Waals surface area contributed by atoms with Gasteiger partial charge in [-0.15, -0.1) is 0 Å². The van der Waals surface area contributed by atoms with Crippen molar-refractivity contribution in [3.8, 4) is 0 Å². The molecule has 1 aliphatic carbocycles. The lowest BCUT2D eigenvalue weighted by Crippen LogP contribution is -2.50. The Labute approximate surface area is 261 Å². The Morgan fingerprint density at radius 1 is 1.02 bits per heavy atom. The third-order valence-electron chi connectivity index (χ3n) is 7.55. The molecule has 0 bridgehead atoms. The minimum absolute atomic E-state index is 0.0747. The highest BCUT2D eigenvalue weighted by Crippen LogP contribution is 2.24. The van der Waals surface area contributed by atoms with Gasteiger partial charge in [-0.3, -0.25) is 19.3 Å². The lowest BCUT2D eigenvalue weighted by molar-refractivity contribution is -0.135. The van der Waals surface area contributed by atoms with Crippen LogP contribution >= 0.6 is 0 Å². The summed E-state index contributed by atoms with van der Waals surface area (Å²) in [4.78, 5) is 55.1. The van der Waals surface area contributed by atoms with Crippen molar-refractivity contribution in [2.75, 3.05) is 20.1 Å². The van der Waals surface area contributed by atoms with E-state index in [9.17, 15) is 19.2 Å². The van der Waals surface area contributed by atoms with Gasteiger partial charge in [0, 0.05) is 12.7 Å². The van der Waals surface area contributed by atoms with Crippen LogP contribution in [0.4, 0.5) is 4.79 Å². The molecule has 0 aromatic heterocycles. The van der Waals surface area contributed by atoms with Crippen LogP contribution in [0, 0.1) is 5.92 Å². The van der Waals surface area contributed by atoms with Crippen LogP contribution in [0.3, 0.4) is 0 Å². The summed E-state index contributed by atoms with van der Waals surface area (Å²) in [6.45, 7) is 12.1. The number of carbonyl (C=O) groups is 4. The number of hydrogen-bond acceptors (Lipinski definition) is 5. The molecule has 3 rings (SSSR count). The molecule has 0 aliphatic heterocycles. The van der Waals surface area contributed by atoms with Crippen LogP contribution in [0.1, 0.15) is 66.5 Å². The highest BCUT2D eigenvalue weighted by atomic mass is 16.6. The van der Waals surface area contributed by atoms with E-state index in [4.69, 9.17) is 4.74 Å². The number of nitrogens with one attached hydrogen (secondary N) is 2. The van der Waals surface area contributed by atoms with E-state index in [-0.39, 0.29) is 31.0 Å². The molecule has 4 amide bonds. The quantitative estimate of drug-likeness (QED) is 0.366. The minimum atomic E-state index is -0.885. The predicted octanol–water partition coefficient (Wildman–Crippen LogP) is 5.64. The molecule has 1 aliphatic rings. The van der Waals surface area contributed by atoms with Crippen LogP contribution in [-0.4, -0.2) is 65.4 Å². The van der Waals surface area contributed by atoms with Crippen LogP contribution in [-0.2, 0) is 19.1 Å². The fourth-order valence-electron chi connectivity index (χ4n) is 4.75. The van der Waals surface area contributed by atoms with Crippen molar-refractivity contribution in [2.45, 2.75) is 72.6 Å². The summed E-state index contributed by atoms with van der Waals surface area (Å²) in [7, 11) is 1.47. The Morgan fingerprint density at radius 3 is 2.36 bits per heavy atom. The average Bonchev–Trinajstić information content (AvgIpc) is 3.17. The van der Waals surface area contributed by atoms with Gasteiger partial charge in [-0.05, 0) is 81.9 Å². The minimum Gasteiger partial charge on any atom is -0.444 e. The number of rotatable bonds is 10. The first-order valence-corrected chi connectivity index (χ1v) is 15.1. The summed E-state index contributed by atoms with van der Waals surface area (Å²) in [5, 5.41) is 7.86. The molecule has 44 heavy (non-hydrogen) atoms. The molecule has 0 heterocycles. The number of nitrogens with zero attached hydrogens (tertiary/aromatic N) is 2. The Kier molecular flexibility index (Phi) is 11.5. The predicted molar refractivity (Wildman–Crippen MR) is 173 cm³/mol. The van der Waals surface area contributed by atoms with Crippen molar-refractivity contribution in [1.29, 1.82) is 0 Å². The zero-order chi connectivity index (χ0) is 32.6. The highest BCUT2D eigenvalue weighted by Gasteiger charge is 2.29. The number of allylic oxidation sites excluding steroid dienone is 5. The van der Waals surface area contributed by atoms with E-state index in [1.54, 1.807) is 27.7 Å². The molecular weight excluding hydrogens is 556 g/mol. The van der Waals surface area contributed by atoms with E-state index in [1.807, 2.05) is 74.5 Å². The SMILES string of the molecule is CCC1C=CC=C(C)C(N(CC(=O)NC(C)c2ccc3ccccc3c2)C(=O)CNC(=O)C(C)N(C)C(=O)OC(C)(C)C)=C1. The Morgan fingerprint density at radius 2 is 1.70 bits per heavy atom. The van der Waals surface area contributed by atoms with Crippen LogP contribution in [0.2, 0.25) is 0 Å². The van der Waals surface area contributed by atoms with E-state index >= 15 is 0 Å². The Bertz CT molecular complexity index is 1470. The van der Waals surface area contributed by atoms with Crippen LogP contribution in [0.5, 0.6) is 0 Å². The van der Waals surface area contributed by atoms with Gasteiger partial charge in [0.2, 0.25) is 17.7 Å². The molecule has 0 saturated heterocycles. The summed E-state index contributed by atoms with van der Waals surface area (Å²) in [6, 6.07) is 12.9. The second kappa shape index (κ2) is 14.9. The van der Waals surface area contributed by atoms with Crippen LogP contribution < -0.4 is 10.6 Å². The molecule has 2 N–H and O–H groups in total. The summed E-state index contributed by atoms with van der Waals surface area (Å²) >= 11 is 0. The van der Waals surface area contributed by atoms with Gasteiger partial charge in [-0.1, -0.05) is 67.6 Å². The van der Waals surface area contributed by atoms with Crippen molar-refractivity contribution in [3.05, 3.63) is 83.6 Å². The standard InChI is InChI=1S/C35H46N4O5/c1-9-26-14-12-13-23(2)30(19-26)39(32(41)21-36-33(42)25(4)38(8)34(43)44-35(5,6)7)22-31(40)37-24(3)28-18-17-27-15-10-11-16-29(27)20-28/h10-20,24-26H,9,21-22H2,1-8H3,(H,36,42)(H,37,40). The second-order valence-electron chi connectivity index (χ2n) is 12.2. The topological polar surface area (TPSA) is 108 Å². The molecule has 9 heteroatoms. The molecule has 3 atom stereocenters. The van der Waals surface area contributed by atoms with Crippen molar-refractivity contribution < 1.29 is 23.9 Å². The van der Waals surface area contributed by atoms with Crippen molar-refractivity contribution in [2.24, 2.45) is 5.92 Å². The normalized spacial score (nSPS) is 16.1. The van der Waals surface area contributed by atoms with Gasteiger partial charge in [0.05, 0.1) is 12.6 Å². The third-order valence-corrected chi connectivity index (χ3v) is 7.55. The molecular formula is C35H46N4O5. The van der Waals surface area contributed by atoms with Crippen molar-refractivity contribution in [1.82, 2.24) is 20.4 Å². The fraction of sp³-hybridized carbons (Fsp3) is 0.429. The van der Waals surface area contributed by atoms with E-state index in [2.05, 4.69) is 23.6 Å². The molecule has 0 spiro atoms. The molecule has 9 nitrogen and oxygen atoms in total. The van der Waals surface area contributed by atoms with E-state index in [0.29, 0.717) is 5.70 Å². The maximum atomic E-state index is 13.7. The number of ether oxygens (including phenoxy) is 1. The first-order valence-electron chi connectivity index (χ1n) is 15.1. The van der Waals surface area contributed by atoms with E-state index in [0.717, 1.165) is 28.3 Å². The van der Waals surface area contributed by atoms with Gasteiger partial charge >= 0.3 is 6.09 Å².